The largest absolute Gasteiger partial charge is 0.464 e. The standard InChI is InChI=1S/C16H29F3O2S/c1-13(2)11-14(20)21-12-15(3,4)22-10-8-6-5-7-9-16(17,18)19/h13H,5-12H2,1-4H3. The van der Waals surface area contributed by atoms with E-state index in [2.05, 4.69) is 0 Å². The molecule has 0 aromatic carbocycles. The summed E-state index contributed by atoms with van der Waals surface area (Å²) in [6, 6.07) is 0. The quantitative estimate of drug-likeness (QED) is 0.361. The van der Waals surface area contributed by atoms with Gasteiger partial charge in [0.25, 0.3) is 0 Å². The maximum atomic E-state index is 12.0. The number of thioether (sulfide) groups is 1. The van der Waals surface area contributed by atoms with Gasteiger partial charge in [0, 0.05) is 17.6 Å². The van der Waals surface area contributed by atoms with Crippen LogP contribution < -0.4 is 0 Å². The Morgan fingerprint density at radius 1 is 1.09 bits per heavy atom. The number of carbonyl (C=O) groups is 1. The Kier molecular flexibility index (Phi) is 10.2. The SMILES string of the molecule is CC(C)CC(=O)OCC(C)(C)SCCCCCCC(F)(F)F. The van der Waals surface area contributed by atoms with Crippen LogP contribution in [0, 0.1) is 5.92 Å². The van der Waals surface area contributed by atoms with Crippen molar-refractivity contribution in [3.8, 4) is 0 Å². The van der Waals surface area contributed by atoms with Crippen LogP contribution in [0.2, 0.25) is 0 Å². The third-order valence-electron chi connectivity index (χ3n) is 3.00. The molecule has 0 saturated heterocycles. The van der Waals surface area contributed by atoms with Gasteiger partial charge in [-0.3, -0.25) is 4.79 Å². The van der Waals surface area contributed by atoms with E-state index in [1.165, 1.54) is 0 Å². The van der Waals surface area contributed by atoms with Gasteiger partial charge in [0.15, 0.2) is 0 Å². The highest BCUT2D eigenvalue weighted by atomic mass is 32.2. The highest BCUT2D eigenvalue weighted by Crippen LogP contribution is 2.27. The second-order valence-electron chi connectivity index (χ2n) is 6.65. The van der Waals surface area contributed by atoms with Gasteiger partial charge in [-0.05, 0) is 38.4 Å². The molecule has 0 aromatic rings. The van der Waals surface area contributed by atoms with Crippen molar-refractivity contribution in [2.24, 2.45) is 5.92 Å². The summed E-state index contributed by atoms with van der Waals surface area (Å²) < 4.78 is 41.0. The van der Waals surface area contributed by atoms with Crippen molar-refractivity contribution in [2.45, 2.75) is 77.1 Å². The summed E-state index contributed by atoms with van der Waals surface area (Å²) >= 11 is 1.70. The number of halogens is 3. The lowest BCUT2D eigenvalue weighted by Crippen LogP contribution is -2.26. The Labute approximate surface area is 136 Å². The predicted molar refractivity (Wildman–Crippen MR) is 86.1 cm³/mol. The molecule has 132 valence electrons. The van der Waals surface area contributed by atoms with E-state index >= 15 is 0 Å². The van der Waals surface area contributed by atoms with Gasteiger partial charge in [-0.15, -0.1) is 0 Å². The molecule has 0 aliphatic heterocycles. The van der Waals surface area contributed by atoms with E-state index < -0.39 is 12.6 Å². The van der Waals surface area contributed by atoms with E-state index in [9.17, 15) is 18.0 Å². The van der Waals surface area contributed by atoms with Crippen LogP contribution in [-0.4, -0.2) is 29.3 Å². The van der Waals surface area contributed by atoms with Crippen LogP contribution in [0.4, 0.5) is 13.2 Å². The second-order valence-corrected chi connectivity index (χ2v) is 8.45. The molecule has 0 spiro atoms. The average molecular weight is 342 g/mol. The summed E-state index contributed by atoms with van der Waals surface area (Å²) in [7, 11) is 0. The number of hydrogen-bond acceptors (Lipinski definition) is 3. The molecule has 0 amide bonds. The van der Waals surface area contributed by atoms with Crippen LogP contribution in [0.3, 0.4) is 0 Å². The van der Waals surface area contributed by atoms with Crippen molar-refractivity contribution in [3.63, 3.8) is 0 Å². The van der Waals surface area contributed by atoms with E-state index in [4.69, 9.17) is 4.74 Å². The fourth-order valence-electron chi connectivity index (χ4n) is 1.82. The van der Waals surface area contributed by atoms with Gasteiger partial charge in [0.2, 0.25) is 0 Å². The van der Waals surface area contributed by atoms with Crippen molar-refractivity contribution in [1.29, 1.82) is 0 Å². The monoisotopic (exact) mass is 342 g/mol. The fraction of sp³-hybridized carbons (Fsp3) is 0.938. The second kappa shape index (κ2) is 10.4. The van der Waals surface area contributed by atoms with Crippen LogP contribution >= 0.6 is 11.8 Å². The molecule has 0 bridgehead atoms. The smallest absolute Gasteiger partial charge is 0.389 e. The number of rotatable bonds is 11. The lowest BCUT2D eigenvalue weighted by atomic mass is 10.1. The molecule has 0 N–H and O–H groups in total. The zero-order valence-electron chi connectivity index (χ0n) is 14.1. The molecule has 2 nitrogen and oxygen atoms in total. The summed E-state index contributed by atoms with van der Waals surface area (Å²) in [5.74, 6) is 0.997. The van der Waals surface area contributed by atoms with Crippen LogP contribution in [0.25, 0.3) is 0 Å². The maximum Gasteiger partial charge on any atom is 0.389 e. The van der Waals surface area contributed by atoms with Crippen LogP contribution in [0.1, 0.15) is 66.2 Å². The lowest BCUT2D eigenvalue weighted by molar-refractivity contribution is -0.145. The molecule has 0 unspecified atom stereocenters. The zero-order chi connectivity index (χ0) is 17.2. The van der Waals surface area contributed by atoms with Crippen LogP contribution in [-0.2, 0) is 9.53 Å². The number of alkyl halides is 3. The summed E-state index contributed by atoms with van der Waals surface area (Å²) in [5, 5.41) is 0. The minimum Gasteiger partial charge on any atom is -0.464 e. The van der Waals surface area contributed by atoms with Crippen LogP contribution in [0.15, 0.2) is 0 Å². The average Bonchev–Trinajstić information content (AvgIpc) is 2.33. The number of hydrogen-bond donors (Lipinski definition) is 0. The molecule has 0 aromatic heterocycles. The predicted octanol–water partition coefficient (Wildman–Crippen LogP) is 5.60. The van der Waals surface area contributed by atoms with E-state index in [1.54, 1.807) is 11.8 Å². The minimum absolute atomic E-state index is 0.154. The third-order valence-corrected chi connectivity index (χ3v) is 4.40. The first kappa shape index (κ1) is 21.6. The number of esters is 1. The van der Waals surface area contributed by atoms with Crippen molar-refractivity contribution < 1.29 is 22.7 Å². The highest BCUT2D eigenvalue weighted by Gasteiger charge is 2.25. The van der Waals surface area contributed by atoms with Gasteiger partial charge < -0.3 is 4.74 Å². The van der Waals surface area contributed by atoms with Gasteiger partial charge in [0.05, 0.1) is 0 Å². The fourth-order valence-corrected chi connectivity index (χ4v) is 2.86. The van der Waals surface area contributed by atoms with E-state index in [1.807, 2.05) is 27.7 Å². The third kappa shape index (κ3) is 14.5. The van der Waals surface area contributed by atoms with Crippen molar-refractivity contribution in [1.82, 2.24) is 0 Å². The molecular weight excluding hydrogens is 313 g/mol. The van der Waals surface area contributed by atoms with Gasteiger partial charge >= 0.3 is 12.1 Å². The first-order chi connectivity index (χ1) is 10.0. The summed E-state index contributed by atoms with van der Waals surface area (Å²) in [6.45, 7) is 8.35. The number of carbonyl (C=O) groups excluding carboxylic acids is 1. The molecule has 0 radical (unpaired) electrons. The Balaban J connectivity index is 3.65. The summed E-state index contributed by atoms with van der Waals surface area (Å²) in [5.41, 5.74) is 0. The van der Waals surface area contributed by atoms with Gasteiger partial charge in [0.1, 0.15) is 6.61 Å². The molecule has 0 saturated carbocycles. The Morgan fingerprint density at radius 3 is 2.23 bits per heavy atom. The van der Waals surface area contributed by atoms with Gasteiger partial charge in [-0.25, -0.2) is 0 Å². The molecule has 0 rings (SSSR count). The normalized spacial score (nSPS) is 12.7. The minimum atomic E-state index is -4.03. The molecular formula is C16H29F3O2S. The highest BCUT2D eigenvalue weighted by molar-refractivity contribution is 8.00. The van der Waals surface area contributed by atoms with Gasteiger partial charge in [-0.2, -0.15) is 24.9 Å². The summed E-state index contributed by atoms with van der Waals surface area (Å²) in [6.07, 6.45) is -1.75. The molecule has 6 heteroatoms. The Bertz CT molecular complexity index is 315. The molecule has 0 heterocycles. The van der Waals surface area contributed by atoms with Crippen molar-refractivity contribution >= 4 is 17.7 Å². The van der Waals surface area contributed by atoms with E-state index in [-0.39, 0.29) is 17.1 Å². The molecule has 22 heavy (non-hydrogen) atoms. The van der Waals surface area contributed by atoms with E-state index in [0.29, 0.717) is 25.4 Å². The molecule has 0 aliphatic rings. The summed E-state index contributed by atoms with van der Waals surface area (Å²) in [4.78, 5) is 11.5. The van der Waals surface area contributed by atoms with Crippen molar-refractivity contribution in [2.75, 3.05) is 12.4 Å². The molecule has 0 aliphatic carbocycles. The van der Waals surface area contributed by atoms with Gasteiger partial charge in [-0.1, -0.05) is 26.7 Å². The topological polar surface area (TPSA) is 26.3 Å². The number of unbranched alkanes of at least 4 members (excludes halogenated alkanes) is 3. The first-order valence-electron chi connectivity index (χ1n) is 7.88. The number of ether oxygens (including phenoxy) is 1. The van der Waals surface area contributed by atoms with Crippen molar-refractivity contribution in [3.05, 3.63) is 0 Å². The lowest BCUT2D eigenvalue weighted by Gasteiger charge is -2.23. The molecule has 0 fully saturated rings. The zero-order valence-corrected chi connectivity index (χ0v) is 14.9. The Morgan fingerprint density at radius 2 is 1.68 bits per heavy atom. The molecule has 0 atom stereocenters. The first-order valence-corrected chi connectivity index (χ1v) is 8.87. The van der Waals surface area contributed by atoms with Crippen LogP contribution in [0.5, 0.6) is 0 Å². The van der Waals surface area contributed by atoms with E-state index in [0.717, 1.165) is 18.6 Å². The Hall–Kier alpha value is -0.390. The maximum absolute atomic E-state index is 12.0.